The number of rotatable bonds is 7. The van der Waals surface area contributed by atoms with Crippen LogP contribution in [-0.4, -0.2) is 42.7 Å². The van der Waals surface area contributed by atoms with Crippen LogP contribution in [0.25, 0.3) is 0 Å². The van der Waals surface area contributed by atoms with E-state index in [2.05, 4.69) is 17.1 Å². The molecule has 152 valence electrons. The summed E-state index contributed by atoms with van der Waals surface area (Å²) in [6.45, 7) is 4.96. The third-order valence-electron chi connectivity index (χ3n) is 4.43. The third-order valence-corrected chi connectivity index (χ3v) is 6.58. The second kappa shape index (κ2) is 10.9. The van der Waals surface area contributed by atoms with Crippen LogP contribution in [0, 0.1) is 0 Å². The summed E-state index contributed by atoms with van der Waals surface area (Å²) >= 11 is 2.98. The van der Waals surface area contributed by atoms with E-state index in [0.29, 0.717) is 16.3 Å². The van der Waals surface area contributed by atoms with Crippen LogP contribution in [0.1, 0.15) is 34.1 Å². The first-order valence-electron chi connectivity index (χ1n) is 9.05. The number of hydrogen-bond donors (Lipinski definition) is 1. The number of anilines is 1. The average Bonchev–Trinajstić information content (AvgIpc) is 3.03. The molecule has 0 atom stereocenters. The predicted octanol–water partition coefficient (Wildman–Crippen LogP) is 4.46. The van der Waals surface area contributed by atoms with E-state index in [1.54, 1.807) is 0 Å². The Morgan fingerprint density at radius 3 is 2.71 bits per heavy atom. The SMILES string of the molecule is CCCN1CCc2c(sc(NC(=O)CSc3ccccc3)c2C(=O)OC)C1.Cl. The van der Waals surface area contributed by atoms with Crippen molar-refractivity contribution in [3.63, 3.8) is 0 Å². The summed E-state index contributed by atoms with van der Waals surface area (Å²) in [6.07, 6.45) is 1.91. The van der Waals surface area contributed by atoms with Gasteiger partial charge in [-0.3, -0.25) is 9.69 Å². The van der Waals surface area contributed by atoms with E-state index in [1.807, 2.05) is 30.3 Å². The summed E-state index contributed by atoms with van der Waals surface area (Å²) in [7, 11) is 1.38. The molecule has 1 aromatic carbocycles. The molecule has 1 amide bonds. The van der Waals surface area contributed by atoms with Crippen molar-refractivity contribution >= 4 is 52.4 Å². The van der Waals surface area contributed by atoms with E-state index in [-0.39, 0.29) is 24.3 Å². The van der Waals surface area contributed by atoms with Crippen LogP contribution in [0.5, 0.6) is 0 Å². The van der Waals surface area contributed by atoms with Crippen LogP contribution in [0.4, 0.5) is 5.00 Å². The van der Waals surface area contributed by atoms with Crippen LogP contribution in [-0.2, 0) is 22.5 Å². The van der Waals surface area contributed by atoms with Crippen molar-refractivity contribution in [1.82, 2.24) is 4.90 Å². The van der Waals surface area contributed by atoms with E-state index in [0.717, 1.165) is 47.8 Å². The molecule has 0 saturated heterocycles. The van der Waals surface area contributed by atoms with Crippen molar-refractivity contribution in [2.45, 2.75) is 31.2 Å². The highest BCUT2D eigenvalue weighted by Gasteiger charge is 2.29. The zero-order chi connectivity index (χ0) is 19.2. The molecule has 0 radical (unpaired) electrons. The zero-order valence-corrected chi connectivity index (χ0v) is 18.5. The van der Waals surface area contributed by atoms with E-state index in [4.69, 9.17) is 4.74 Å². The Morgan fingerprint density at radius 1 is 1.29 bits per heavy atom. The molecule has 28 heavy (non-hydrogen) atoms. The molecule has 0 bridgehead atoms. The maximum Gasteiger partial charge on any atom is 0.341 e. The number of benzene rings is 1. The number of thioether (sulfide) groups is 1. The number of nitrogens with zero attached hydrogens (tertiary/aromatic N) is 1. The van der Waals surface area contributed by atoms with Gasteiger partial charge in [0.05, 0.1) is 18.4 Å². The largest absolute Gasteiger partial charge is 0.465 e. The lowest BCUT2D eigenvalue weighted by molar-refractivity contribution is -0.113. The number of halogens is 1. The second-order valence-electron chi connectivity index (χ2n) is 6.38. The van der Waals surface area contributed by atoms with Gasteiger partial charge in [-0.2, -0.15) is 0 Å². The minimum atomic E-state index is -0.373. The van der Waals surface area contributed by atoms with Gasteiger partial charge in [0.2, 0.25) is 5.91 Å². The fraction of sp³-hybridized carbons (Fsp3) is 0.400. The van der Waals surface area contributed by atoms with Crippen LogP contribution < -0.4 is 5.32 Å². The summed E-state index contributed by atoms with van der Waals surface area (Å²) in [6, 6.07) is 9.80. The van der Waals surface area contributed by atoms with Crippen molar-refractivity contribution < 1.29 is 14.3 Å². The molecular weight excluding hydrogens is 416 g/mol. The summed E-state index contributed by atoms with van der Waals surface area (Å²) in [5.74, 6) is -0.185. The number of methoxy groups -OCH3 is 1. The number of esters is 1. The molecule has 1 aliphatic rings. The first kappa shape index (κ1) is 22.7. The maximum atomic E-state index is 12.4. The molecule has 0 fully saturated rings. The van der Waals surface area contributed by atoms with Gasteiger partial charge in [-0.25, -0.2) is 4.79 Å². The molecule has 2 heterocycles. The molecule has 0 aliphatic carbocycles. The number of carbonyl (C=O) groups excluding carboxylic acids is 2. The molecule has 1 N–H and O–H groups in total. The summed E-state index contributed by atoms with van der Waals surface area (Å²) in [4.78, 5) is 29.4. The van der Waals surface area contributed by atoms with Crippen LogP contribution in [0.3, 0.4) is 0 Å². The van der Waals surface area contributed by atoms with Crippen LogP contribution in [0.15, 0.2) is 35.2 Å². The van der Waals surface area contributed by atoms with E-state index >= 15 is 0 Å². The lowest BCUT2D eigenvalue weighted by Gasteiger charge is -2.26. The topological polar surface area (TPSA) is 58.6 Å². The van der Waals surface area contributed by atoms with Crippen molar-refractivity contribution in [3.05, 3.63) is 46.3 Å². The normalized spacial score (nSPS) is 13.4. The van der Waals surface area contributed by atoms with Gasteiger partial charge in [-0.1, -0.05) is 25.1 Å². The molecule has 0 unspecified atom stereocenters. The Labute approximate surface area is 180 Å². The lowest BCUT2D eigenvalue weighted by atomic mass is 10.0. The molecule has 0 spiro atoms. The zero-order valence-electron chi connectivity index (χ0n) is 16.0. The van der Waals surface area contributed by atoms with Crippen molar-refractivity contribution in [2.75, 3.05) is 31.3 Å². The predicted molar refractivity (Wildman–Crippen MR) is 118 cm³/mol. The molecule has 3 rings (SSSR count). The minimum absolute atomic E-state index is 0. The first-order valence-corrected chi connectivity index (χ1v) is 10.9. The standard InChI is InChI=1S/C20H24N2O3S2.ClH/c1-3-10-22-11-9-15-16(12-22)27-19(18(15)20(24)25-2)21-17(23)13-26-14-7-5-4-6-8-14;/h4-8H,3,9-13H2,1-2H3,(H,21,23);1H. The molecule has 1 aliphatic heterocycles. The number of amides is 1. The Kier molecular flexibility index (Phi) is 8.82. The Hall–Kier alpha value is -1.54. The fourth-order valence-electron chi connectivity index (χ4n) is 3.20. The van der Waals surface area contributed by atoms with Crippen molar-refractivity contribution in [1.29, 1.82) is 0 Å². The van der Waals surface area contributed by atoms with E-state index in [9.17, 15) is 9.59 Å². The lowest BCUT2D eigenvalue weighted by Crippen LogP contribution is -2.30. The van der Waals surface area contributed by atoms with Gasteiger partial charge in [0.15, 0.2) is 0 Å². The van der Waals surface area contributed by atoms with Gasteiger partial charge < -0.3 is 10.1 Å². The van der Waals surface area contributed by atoms with Gasteiger partial charge in [0, 0.05) is 22.9 Å². The summed E-state index contributed by atoms with van der Waals surface area (Å²) < 4.78 is 4.98. The highest BCUT2D eigenvalue weighted by atomic mass is 35.5. The van der Waals surface area contributed by atoms with Gasteiger partial charge in [0.1, 0.15) is 5.00 Å². The highest BCUT2D eigenvalue weighted by molar-refractivity contribution is 8.00. The monoisotopic (exact) mass is 440 g/mol. The third kappa shape index (κ3) is 5.50. The van der Waals surface area contributed by atoms with Crippen LogP contribution in [0.2, 0.25) is 0 Å². The maximum absolute atomic E-state index is 12.4. The molecule has 8 heteroatoms. The van der Waals surface area contributed by atoms with Gasteiger partial charge in [0.25, 0.3) is 0 Å². The molecule has 5 nitrogen and oxygen atoms in total. The Morgan fingerprint density at radius 2 is 2.04 bits per heavy atom. The number of hydrogen-bond acceptors (Lipinski definition) is 6. The number of thiophene rings is 1. The van der Waals surface area contributed by atoms with Crippen molar-refractivity contribution in [3.8, 4) is 0 Å². The van der Waals surface area contributed by atoms with Gasteiger partial charge >= 0.3 is 5.97 Å². The quantitative estimate of drug-likeness (QED) is 0.509. The molecule has 0 saturated carbocycles. The fourth-order valence-corrected chi connectivity index (χ4v) is 5.21. The number of ether oxygens (including phenoxy) is 1. The van der Waals surface area contributed by atoms with Gasteiger partial charge in [-0.15, -0.1) is 35.5 Å². The van der Waals surface area contributed by atoms with Crippen molar-refractivity contribution in [2.24, 2.45) is 0 Å². The molecule has 2 aromatic rings. The number of carbonyl (C=O) groups is 2. The van der Waals surface area contributed by atoms with E-state index in [1.165, 1.54) is 30.2 Å². The van der Waals surface area contributed by atoms with Crippen LogP contribution >= 0.6 is 35.5 Å². The first-order chi connectivity index (χ1) is 13.1. The minimum Gasteiger partial charge on any atom is -0.465 e. The average molecular weight is 441 g/mol. The molecular formula is C20H25ClN2O3S2. The second-order valence-corrected chi connectivity index (χ2v) is 8.53. The Balaban J connectivity index is 0.00000280. The summed E-state index contributed by atoms with van der Waals surface area (Å²) in [5.41, 5.74) is 1.57. The smallest absolute Gasteiger partial charge is 0.341 e. The Bertz CT molecular complexity index is 811. The number of fused-ring (bicyclic) bond motifs is 1. The highest BCUT2D eigenvalue weighted by Crippen LogP contribution is 2.37. The summed E-state index contributed by atoms with van der Waals surface area (Å²) in [5, 5.41) is 3.55. The molecule has 1 aromatic heterocycles. The van der Waals surface area contributed by atoms with Gasteiger partial charge in [-0.05, 0) is 37.1 Å². The van der Waals surface area contributed by atoms with E-state index < -0.39 is 0 Å². The number of nitrogens with one attached hydrogen (secondary N) is 1.